The van der Waals surface area contributed by atoms with Gasteiger partial charge in [-0.2, -0.15) is 23.5 Å². The van der Waals surface area contributed by atoms with E-state index in [4.69, 9.17) is 10.4 Å². The van der Waals surface area contributed by atoms with Crippen LogP contribution < -0.4 is 0 Å². The molecular weight excluding hydrogens is 275 g/mol. The van der Waals surface area contributed by atoms with Crippen LogP contribution in [-0.4, -0.2) is 21.3 Å². The molecule has 0 aliphatic carbocycles. The highest BCUT2D eigenvalue weighted by atomic mass is 19.4. The van der Waals surface area contributed by atoms with Crippen LogP contribution in [0.2, 0.25) is 0 Å². The Balaban J connectivity index is 2.53. The van der Waals surface area contributed by atoms with Crippen molar-refractivity contribution in [2.45, 2.75) is 6.18 Å². The van der Waals surface area contributed by atoms with Gasteiger partial charge in [-0.05, 0) is 24.3 Å². The fourth-order valence-electron chi connectivity index (χ4n) is 1.58. The van der Waals surface area contributed by atoms with Crippen LogP contribution in [0.4, 0.5) is 13.2 Å². The van der Waals surface area contributed by atoms with E-state index in [0.29, 0.717) is 0 Å². The zero-order valence-corrected chi connectivity index (χ0v) is 9.69. The highest BCUT2D eigenvalue weighted by molar-refractivity contribution is 5.90. The maximum absolute atomic E-state index is 12.5. The zero-order valence-electron chi connectivity index (χ0n) is 9.69. The maximum atomic E-state index is 12.5. The lowest BCUT2D eigenvalue weighted by molar-refractivity contribution is -0.141. The van der Waals surface area contributed by atoms with E-state index in [1.807, 2.05) is 5.10 Å². The number of nitrogens with one attached hydrogen (secondary N) is 1. The van der Waals surface area contributed by atoms with Gasteiger partial charge in [0.25, 0.3) is 0 Å². The normalized spacial score (nSPS) is 11.1. The second kappa shape index (κ2) is 4.70. The van der Waals surface area contributed by atoms with E-state index >= 15 is 0 Å². The van der Waals surface area contributed by atoms with E-state index in [2.05, 4.69) is 5.10 Å². The van der Waals surface area contributed by atoms with E-state index < -0.39 is 17.8 Å². The number of aromatic amines is 1. The molecule has 0 bridgehead atoms. The Kier molecular flexibility index (Phi) is 3.19. The van der Waals surface area contributed by atoms with Gasteiger partial charge in [0.1, 0.15) is 5.69 Å². The van der Waals surface area contributed by atoms with Gasteiger partial charge in [-0.15, -0.1) is 0 Å². The van der Waals surface area contributed by atoms with E-state index in [1.165, 1.54) is 6.07 Å². The Labute approximate surface area is 110 Å². The summed E-state index contributed by atoms with van der Waals surface area (Å²) in [6, 6.07) is 6.05. The van der Waals surface area contributed by atoms with Crippen molar-refractivity contribution in [3.63, 3.8) is 0 Å². The van der Waals surface area contributed by atoms with Gasteiger partial charge in [0, 0.05) is 5.56 Å². The standard InChI is InChI=1S/C12H6F3N3O2/c13-12(14,15)10-4-9(17-18-10)7-1-6(5-16)2-8(3-7)11(19)20/h1-4H,(H,17,18)(H,19,20). The Hall–Kier alpha value is -2.82. The summed E-state index contributed by atoms with van der Waals surface area (Å²) in [6.07, 6.45) is -4.58. The quantitative estimate of drug-likeness (QED) is 0.885. The van der Waals surface area contributed by atoms with Crippen molar-refractivity contribution in [3.05, 3.63) is 41.1 Å². The molecule has 102 valence electrons. The van der Waals surface area contributed by atoms with Gasteiger partial charge < -0.3 is 5.11 Å². The summed E-state index contributed by atoms with van der Waals surface area (Å²) in [5.74, 6) is -1.28. The zero-order chi connectivity index (χ0) is 14.9. The van der Waals surface area contributed by atoms with Crippen molar-refractivity contribution in [2.75, 3.05) is 0 Å². The first-order chi connectivity index (χ1) is 9.31. The molecule has 0 radical (unpaired) electrons. The molecule has 0 saturated heterocycles. The van der Waals surface area contributed by atoms with Crippen LogP contribution in [0.15, 0.2) is 24.3 Å². The number of aromatic nitrogens is 2. The number of alkyl halides is 3. The highest BCUT2D eigenvalue weighted by Crippen LogP contribution is 2.30. The SMILES string of the molecule is N#Cc1cc(C(=O)O)cc(-c2cc(C(F)(F)F)[nH]n2)c1. The lowest BCUT2D eigenvalue weighted by Gasteiger charge is -2.01. The van der Waals surface area contributed by atoms with Crippen molar-refractivity contribution >= 4 is 5.97 Å². The number of carbonyl (C=O) groups is 1. The van der Waals surface area contributed by atoms with E-state index in [0.717, 1.165) is 18.2 Å². The first-order valence-electron chi connectivity index (χ1n) is 5.22. The molecule has 2 aromatic rings. The molecule has 0 atom stereocenters. The molecule has 5 nitrogen and oxygen atoms in total. The lowest BCUT2D eigenvalue weighted by atomic mass is 10.0. The minimum Gasteiger partial charge on any atom is -0.478 e. The van der Waals surface area contributed by atoms with Gasteiger partial charge >= 0.3 is 12.1 Å². The van der Waals surface area contributed by atoms with Gasteiger partial charge in [0.15, 0.2) is 0 Å². The molecule has 1 heterocycles. The van der Waals surface area contributed by atoms with Crippen molar-refractivity contribution in [3.8, 4) is 17.3 Å². The molecule has 0 aliphatic rings. The Bertz CT molecular complexity index is 713. The number of H-pyrrole nitrogens is 1. The number of rotatable bonds is 2. The van der Waals surface area contributed by atoms with Gasteiger partial charge in [-0.1, -0.05) is 0 Å². The summed E-state index contributed by atoms with van der Waals surface area (Å²) in [5, 5.41) is 23.0. The van der Waals surface area contributed by atoms with Crippen LogP contribution in [0.5, 0.6) is 0 Å². The summed E-state index contributed by atoms with van der Waals surface area (Å²) in [6.45, 7) is 0. The molecule has 1 aromatic heterocycles. The van der Waals surface area contributed by atoms with Crippen molar-refractivity contribution < 1.29 is 23.1 Å². The van der Waals surface area contributed by atoms with Gasteiger partial charge in [-0.3, -0.25) is 5.10 Å². The molecule has 20 heavy (non-hydrogen) atoms. The number of benzene rings is 1. The number of carboxylic acid groups (broad SMARTS) is 1. The summed E-state index contributed by atoms with van der Waals surface area (Å²) in [4.78, 5) is 10.9. The van der Waals surface area contributed by atoms with Gasteiger partial charge in [-0.25, -0.2) is 4.79 Å². The summed E-state index contributed by atoms with van der Waals surface area (Å²) >= 11 is 0. The van der Waals surface area contributed by atoms with Crippen LogP contribution in [0.25, 0.3) is 11.3 Å². The average Bonchev–Trinajstić information content (AvgIpc) is 2.87. The first kappa shape index (κ1) is 13.6. The summed E-state index contributed by atoms with van der Waals surface area (Å²) in [7, 11) is 0. The van der Waals surface area contributed by atoms with Crippen molar-refractivity contribution in [1.29, 1.82) is 5.26 Å². The fraction of sp³-hybridized carbons (Fsp3) is 0.0833. The Morgan fingerprint density at radius 2 is 2.00 bits per heavy atom. The summed E-state index contributed by atoms with van der Waals surface area (Å²) in [5.41, 5.74) is -1.19. The molecule has 1 aromatic carbocycles. The minimum atomic E-state index is -4.58. The molecule has 0 fully saturated rings. The second-order valence-corrected chi connectivity index (χ2v) is 3.88. The van der Waals surface area contributed by atoms with Crippen molar-refractivity contribution in [2.24, 2.45) is 0 Å². The molecule has 0 amide bonds. The predicted molar refractivity (Wildman–Crippen MR) is 60.7 cm³/mol. The Morgan fingerprint density at radius 1 is 1.30 bits per heavy atom. The van der Waals surface area contributed by atoms with E-state index in [1.54, 1.807) is 6.07 Å². The number of hydrogen-bond acceptors (Lipinski definition) is 3. The largest absolute Gasteiger partial charge is 0.478 e. The molecule has 0 saturated carbocycles. The molecular formula is C12H6F3N3O2. The number of nitriles is 1. The third kappa shape index (κ3) is 2.61. The summed E-state index contributed by atoms with van der Waals surface area (Å²) < 4.78 is 37.4. The van der Waals surface area contributed by atoms with E-state index in [9.17, 15) is 18.0 Å². The number of nitrogens with zero attached hydrogens (tertiary/aromatic N) is 2. The smallest absolute Gasteiger partial charge is 0.432 e. The maximum Gasteiger partial charge on any atom is 0.432 e. The van der Waals surface area contributed by atoms with Gasteiger partial charge in [0.05, 0.1) is 22.9 Å². The number of halogens is 3. The average molecular weight is 281 g/mol. The van der Waals surface area contributed by atoms with Crippen LogP contribution in [0.3, 0.4) is 0 Å². The van der Waals surface area contributed by atoms with Crippen molar-refractivity contribution in [1.82, 2.24) is 10.2 Å². The lowest BCUT2D eigenvalue weighted by Crippen LogP contribution is -2.04. The molecule has 0 unspecified atom stereocenters. The first-order valence-corrected chi connectivity index (χ1v) is 5.22. The van der Waals surface area contributed by atoms with Gasteiger partial charge in [0.2, 0.25) is 0 Å². The predicted octanol–water partition coefficient (Wildman–Crippen LogP) is 2.67. The molecule has 2 rings (SSSR count). The minimum absolute atomic E-state index is 0.0245. The highest BCUT2D eigenvalue weighted by Gasteiger charge is 2.33. The third-order valence-electron chi connectivity index (χ3n) is 2.49. The molecule has 0 spiro atoms. The number of hydrogen-bond donors (Lipinski definition) is 2. The second-order valence-electron chi connectivity index (χ2n) is 3.88. The number of carboxylic acids is 1. The molecule has 8 heteroatoms. The van der Waals surface area contributed by atoms with Crippen LogP contribution in [0, 0.1) is 11.3 Å². The third-order valence-corrected chi connectivity index (χ3v) is 2.49. The topological polar surface area (TPSA) is 89.8 Å². The van der Waals surface area contributed by atoms with Crippen LogP contribution in [0.1, 0.15) is 21.6 Å². The van der Waals surface area contributed by atoms with E-state index in [-0.39, 0.29) is 22.4 Å². The molecule has 0 aliphatic heterocycles. The fourth-order valence-corrected chi connectivity index (χ4v) is 1.58. The molecule has 2 N–H and O–H groups in total. The number of aromatic carboxylic acids is 1. The monoisotopic (exact) mass is 281 g/mol. The van der Waals surface area contributed by atoms with Crippen LogP contribution >= 0.6 is 0 Å². The Morgan fingerprint density at radius 3 is 2.50 bits per heavy atom. The van der Waals surface area contributed by atoms with Crippen LogP contribution in [-0.2, 0) is 6.18 Å².